The summed E-state index contributed by atoms with van der Waals surface area (Å²) in [5.41, 5.74) is 3.98. The van der Waals surface area contributed by atoms with E-state index in [-0.39, 0.29) is 5.91 Å². The van der Waals surface area contributed by atoms with Gasteiger partial charge in [-0.25, -0.2) is 4.98 Å². The number of carbonyl (C=O) groups excluding carboxylic acids is 1. The van der Waals surface area contributed by atoms with Crippen molar-refractivity contribution in [1.29, 1.82) is 0 Å². The van der Waals surface area contributed by atoms with Crippen LogP contribution >= 0.6 is 11.8 Å². The van der Waals surface area contributed by atoms with Crippen molar-refractivity contribution in [3.63, 3.8) is 0 Å². The second-order valence-corrected chi connectivity index (χ2v) is 7.40. The number of carbonyl (C=O) groups is 1. The number of hydrogen-bond acceptors (Lipinski definition) is 5. The van der Waals surface area contributed by atoms with Gasteiger partial charge in [0.05, 0.1) is 6.54 Å². The summed E-state index contributed by atoms with van der Waals surface area (Å²) >= 11 is 1.57. The van der Waals surface area contributed by atoms with E-state index in [2.05, 4.69) is 31.7 Å². The van der Waals surface area contributed by atoms with Crippen molar-refractivity contribution < 1.29 is 4.79 Å². The van der Waals surface area contributed by atoms with Crippen molar-refractivity contribution in [3.8, 4) is 0 Å². The molecule has 1 amide bonds. The second-order valence-electron chi connectivity index (χ2n) is 6.43. The third-order valence-electron chi connectivity index (χ3n) is 4.43. The Morgan fingerprint density at radius 2 is 1.90 bits per heavy atom. The number of hydrogen-bond donors (Lipinski definition) is 2. The van der Waals surface area contributed by atoms with Gasteiger partial charge in [-0.15, -0.1) is 0 Å². The fourth-order valence-corrected chi connectivity index (χ4v) is 3.63. The van der Waals surface area contributed by atoms with E-state index < -0.39 is 0 Å². The molecule has 29 heavy (non-hydrogen) atoms. The summed E-state index contributed by atoms with van der Waals surface area (Å²) in [6.45, 7) is 1.15. The smallest absolute Gasteiger partial charge is 0.251 e. The number of H-pyrrole nitrogens is 1. The van der Waals surface area contributed by atoms with Gasteiger partial charge in [0.1, 0.15) is 6.33 Å². The molecule has 8 heteroatoms. The third kappa shape index (κ3) is 5.11. The van der Waals surface area contributed by atoms with E-state index in [1.165, 1.54) is 6.33 Å². The highest BCUT2D eigenvalue weighted by atomic mass is 32.2. The molecule has 0 aliphatic heterocycles. The average Bonchev–Trinajstić information content (AvgIpc) is 3.46. The first kappa shape index (κ1) is 18.9. The van der Waals surface area contributed by atoms with Crippen molar-refractivity contribution >= 4 is 17.7 Å². The lowest BCUT2D eigenvalue weighted by atomic mass is 10.1. The number of benzene rings is 2. The van der Waals surface area contributed by atoms with E-state index in [1.807, 2.05) is 59.4 Å². The van der Waals surface area contributed by atoms with E-state index in [4.69, 9.17) is 0 Å². The van der Waals surface area contributed by atoms with Crippen LogP contribution in [-0.4, -0.2) is 30.9 Å². The number of rotatable bonds is 8. The monoisotopic (exact) mass is 404 g/mol. The molecule has 0 atom stereocenters. The Kier molecular flexibility index (Phi) is 6.01. The SMILES string of the molecule is O=C(NCc1ccccc1Cn1cccn1)c1ccc(CSc2ncn[nH]2)cc1. The third-order valence-corrected chi connectivity index (χ3v) is 5.38. The molecule has 0 aliphatic carbocycles. The van der Waals surface area contributed by atoms with Gasteiger partial charge in [0.15, 0.2) is 5.16 Å². The fraction of sp³-hybridized carbons (Fsp3) is 0.143. The van der Waals surface area contributed by atoms with Crippen LogP contribution < -0.4 is 5.32 Å². The van der Waals surface area contributed by atoms with Crippen LogP contribution in [0.4, 0.5) is 0 Å². The predicted molar refractivity (Wildman–Crippen MR) is 111 cm³/mol. The molecule has 2 aromatic carbocycles. The van der Waals surface area contributed by atoms with Crippen LogP contribution in [0.1, 0.15) is 27.0 Å². The number of nitrogens with one attached hydrogen (secondary N) is 2. The number of amides is 1. The Morgan fingerprint density at radius 1 is 1.07 bits per heavy atom. The lowest BCUT2D eigenvalue weighted by Gasteiger charge is -2.11. The van der Waals surface area contributed by atoms with Crippen LogP contribution in [0.3, 0.4) is 0 Å². The molecule has 2 heterocycles. The van der Waals surface area contributed by atoms with Crippen LogP contribution in [0.2, 0.25) is 0 Å². The van der Waals surface area contributed by atoms with Crippen LogP contribution in [0.25, 0.3) is 0 Å². The summed E-state index contributed by atoms with van der Waals surface area (Å²) in [7, 11) is 0. The molecule has 146 valence electrons. The Bertz CT molecular complexity index is 1050. The minimum Gasteiger partial charge on any atom is -0.348 e. The first-order chi connectivity index (χ1) is 14.3. The van der Waals surface area contributed by atoms with E-state index in [1.54, 1.807) is 18.0 Å². The van der Waals surface area contributed by atoms with E-state index in [0.717, 1.165) is 27.6 Å². The molecule has 0 spiro atoms. The lowest BCUT2D eigenvalue weighted by molar-refractivity contribution is 0.0951. The van der Waals surface area contributed by atoms with E-state index >= 15 is 0 Å². The van der Waals surface area contributed by atoms with Gasteiger partial charge in [0, 0.05) is 30.3 Å². The first-order valence-corrected chi connectivity index (χ1v) is 10.2. The molecular formula is C21H20N6OS. The zero-order valence-electron chi connectivity index (χ0n) is 15.7. The van der Waals surface area contributed by atoms with Gasteiger partial charge in [-0.3, -0.25) is 14.6 Å². The highest BCUT2D eigenvalue weighted by molar-refractivity contribution is 7.98. The lowest BCUT2D eigenvalue weighted by Crippen LogP contribution is -2.23. The summed E-state index contributed by atoms with van der Waals surface area (Å²) in [6.07, 6.45) is 5.18. The Hall–Kier alpha value is -3.39. The van der Waals surface area contributed by atoms with Crippen molar-refractivity contribution in [2.24, 2.45) is 0 Å². The molecule has 7 nitrogen and oxygen atoms in total. The maximum absolute atomic E-state index is 12.5. The molecule has 0 saturated heterocycles. The van der Waals surface area contributed by atoms with E-state index in [9.17, 15) is 4.79 Å². The number of aromatic amines is 1. The summed E-state index contributed by atoms with van der Waals surface area (Å²) in [6, 6.07) is 17.6. The van der Waals surface area contributed by atoms with E-state index in [0.29, 0.717) is 18.7 Å². The topological polar surface area (TPSA) is 88.5 Å². The quantitative estimate of drug-likeness (QED) is 0.440. The normalized spacial score (nSPS) is 10.8. The van der Waals surface area contributed by atoms with Crippen LogP contribution in [0.15, 0.2) is 78.5 Å². The molecule has 4 rings (SSSR count). The number of nitrogens with zero attached hydrogens (tertiary/aromatic N) is 4. The van der Waals surface area contributed by atoms with Gasteiger partial charge < -0.3 is 5.32 Å². The molecule has 2 aromatic heterocycles. The maximum atomic E-state index is 12.5. The molecule has 0 fully saturated rings. The fourth-order valence-electron chi connectivity index (χ4n) is 2.90. The van der Waals surface area contributed by atoms with Crippen molar-refractivity contribution in [1.82, 2.24) is 30.3 Å². The zero-order chi connectivity index (χ0) is 19.9. The summed E-state index contributed by atoms with van der Waals surface area (Å²) < 4.78 is 1.87. The highest BCUT2D eigenvalue weighted by Crippen LogP contribution is 2.18. The van der Waals surface area contributed by atoms with Gasteiger partial charge in [0.2, 0.25) is 0 Å². The van der Waals surface area contributed by atoms with Crippen LogP contribution in [-0.2, 0) is 18.8 Å². The largest absolute Gasteiger partial charge is 0.348 e. The summed E-state index contributed by atoms with van der Waals surface area (Å²) in [5, 5.41) is 14.7. The predicted octanol–water partition coefficient (Wildman–Crippen LogP) is 3.27. The molecular weight excluding hydrogens is 384 g/mol. The van der Waals surface area contributed by atoms with Gasteiger partial charge in [-0.05, 0) is 34.9 Å². The molecule has 0 unspecified atom stereocenters. The second kappa shape index (κ2) is 9.20. The molecule has 2 N–H and O–H groups in total. The van der Waals surface area contributed by atoms with Gasteiger partial charge in [0.25, 0.3) is 5.91 Å². The molecule has 4 aromatic rings. The summed E-state index contributed by atoms with van der Waals surface area (Å²) in [4.78, 5) is 16.6. The minimum atomic E-state index is -0.0895. The number of thioether (sulfide) groups is 1. The zero-order valence-corrected chi connectivity index (χ0v) is 16.5. The van der Waals surface area contributed by atoms with Crippen molar-refractivity contribution in [3.05, 3.63) is 95.6 Å². The van der Waals surface area contributed by atoms with Gasteiger partial charge in [-0.2, -0.15) is 10.2 Å². The Morgan fingerprint density at radius 3 is 2.62 bits per heavy atom. The Balaban J connectivity index is 1.34. The standard InChI is InChI=1S/C21H20N6OS/c28-20(17-8-6-16(7-9-17)14-29-21-23-15-24-26-21)22-12-18-4-1-2-5-19(18)13-27-11-3-10-25-27/h1-11,15H,12-14H2,(H,22,28)(H,23,24,26). The van der Waals surface area contributed by atoms with Crippen LogP contribution in [0, 0.1) is 0 Å². The summed E-state index contributed by atoms with van der Waals surface area (Å²) in [5.74, 6) is 0.672. The van der Waals surface area contributed by atoms with Crippen LogP contribution in [0.5, 0.6) is 0 Å². The van der Waals surface area contributed by atoms with Crippen molar-refractivity contribution in [2.75, 3.05) is 0 Å². The average molecular weight is 404 g/mol. The minimum absolute atomic E-state index is 0.0895. The highest BCUT2D eigenvalue weighted by Gasteiger charge is 2.08. The molecule has 0 bridgehead atoms. The Labute approximate surface area is 172 Å². The molecule has 0 aliphatic rings. The molecule has 0 saturated carbocycles. The molecule has 0 radical (unpaired) electrons. The number of aromatic nitrogens is 5. The van der Waals surface area contributed by atoms with Gasteiger partial charge >= 0.3 is 0 Å². The first-order valence-electron chi connectivity index (χ1n) is 9.17. The van der Waals surface area contributed by atoms with Gasteiger partial charge in [-0.1, -0.05) is 48.2 Å². The maximum Gasteiger partial charge on any atom is 0.251 e. The van der Waals surface area contributed by atoms with Crippen molar-refractivity contribution in [2.45, 2.75) is 24.0 Å².